The number of hydrogen-bond acceptors (Lipinski definition) is 6. The molecule has 0 unspecified atom stereocenters. The van der Waals surface area contributed by atoms with Crippen molar-refractivity contribution in [2.45, 2.75) is 52.6 Å². The van der Waals surface area contributed by atoms with Gasteiger partial charge in [0.1, 0.15) is 5.82 Å². The molecule has 2 atom stereocenters. The van der Waals surface area contributed by atoms with Crippen molar-refractivity contribution in [3.63, 3.8) is 0 Å². The first-order valence-corrected chi connectivity index (χ1v) is 11.9. The Hall–Kier alpha value is -3.33. The summed E-state index contributed by atoms with van der Waals surface area (Å²) in [5, 5.41) is 0.0181. The number of amides is 1. The second kappa shape index (κ2) is 9.37. The number of nitrogens with zero attached hydrogens (tertiary/aromatic N) is 6. The van der Waals surface area contributed by atoms with E-state index in [2.05, 4.69) is 21.5 Å². The summed E-state index contributed by atoms with van der Waals surface area (Å²) >= 11 is 6.10. The van der Waals surface area contributed by atoms with E-state index in [0.717, 1.165) is 5.56 Å². The van der Waals surface area contributed by atoms with Crippen LogP contribution in [-0.4, -0.2) is 55.5 Å². The minimum absolute atomic E-state index is 0.0120. The van der Waals surface area contributed by atoms with Crippen molar-refractivity contribution in [3.05, 3.63) is 63.7 Å². The van der Waals surface area contributed by atoms with Gasteiger partial charge in [-0.3, -0.25) is 9.78 Å². The van der Waals surface area contributed by atoms with Crippen LogP contribution in [0.4, 0.5) is 10.2 Å². The van der Waals surface area contributed by atoms with E-state index in [9.17, 15) is 14.0 Å². The van der Waals surface area contributed by atoms with Crippen LogP contribution in [0.25, 0.3) is 16.7 Å². The van der Waals surface area contributed by atoms with Gasteiger partial charge in [-0.2, -0.15) is 4.98 Å². The highest BCUT2D eigenvalue weighted by Crippen LogP contribution is 2.33. The van der Waals surface area contributed by atoms with Gasteiger partial charge in [0.25, 0.3) is 0 Å². The summed E-state index contributed by atoms with van der Waals surface area (Å²) in [5.41, 5.74) is 1.71. The number of carbonyl (C=O) groups is 1. The summed E-state index contributed by atoms with van der Waals surface area (Å²) in [6.07, 6.45) is 2.98. The normalized spacial score (nSPS) is 18.4. The third-order valence-corrected chi connectivity index (χ3v) is 6.60. The number of halogens is 2. The average Bonchev–Trinajstić information content (AvgIpc) is 2.79. The maximum Gasteiger partial charge on any atom is 0.355 e. The van der Waals surface area contributed by atoms with Gasteiger partial charge in [-0.05, 0) is 50.5 Å². The Morgan fingerprint density at radius 2 is 1.91 bits per heavy atom. The fourth-order valence-corrected chi connectivity index (χ4v) is 4.95. The van der Waals surface area contributed by atoms with Gasteiger partial charge in [0.2, 0.25) is 5.91 Å². The fourth-order valence-electron chi connectivity index (χ4n) is 4.82. The van der Waals surface area contributed by atoms with Crippen molar-refractivity contribution in [3.8, 4) is 5.69 Å². The first kappa shape index (κ1) is 24.8. The van der Waals surface area contributed by atoms with Crippen molar-refractivity contribution in [2.75, 3.05) is 18.0 Å². The molecule has 4 rings (SSSR count). The van der Waals surface area contributed by atoms with Crippen LogP contribution in [0.5, 0.6) is 0 Å². The highest BCUT2D eigenvalue weighted by molar-refractivity contribution is 6.30. The third-order valence-electron chi connectivity index (χ3n) is 6.33. The molecular formula is C25H28ClFN6O2. The Morgan fingerprint density at radius 1 is 1.26 bits per heavy atom. The monoisotopic (exact) mass is 498 g/mol. The second-order valence-electron chi connectivity index (χ2n) is 9.25. The number of aryl methyl sites for hydroxylation is 1. The van der Waals surface area contributed by atoms with Gasteiger partial charge in [-0.1, -0.05) is 32.0 Å². The second-order valence-corrected chi connectivity index (χ2v) is 9.61. The lowest BCUT2D eigenvalue weighted by molar-refractivity contribution is -0.127. The molecule has 3 aromatic heterocycles. The van der Waals surface area contributed by atoms with Crippen LogP contribution in [0.3, 0.4) is 0 Å². The molecule has 35 heavy (non-hydrogen) atoms. The molecule has 1 saturated heterocycles. The van der Waals surface area contributed by atoms with Crippen molar-refractivity contribution >= 4 is 34.4 Å². The summed E-state index contributed by atoms with van der Waals surface area (Å²) in [4.78, 5) is 42.7. The lowest BCUT2D eigenvalue weighted by atomic mass is 10.0. The van der Waals surface area contributed by atoms with Crippen LogP contribution in [0.15, 0.2) is 35.8 Å². The van der Waals surface area contributed by atoms with E-state index in [0.29, 0.717) is 35.7 Å². The van der Waals surface area contributed by atoms with E-state index in [1.165, 1.54) is 16.7 Å². The van der Waals surface area contributed by atoms with Gasteiger partial charge in [0.05, 0.1) is 16.8 Å². The first-order chi connectivity index (χ1) is 16.5. The van der Waals surface area contributed by atoms with Gasteiger partial charge < -0.3 is 9.80 Å². The SMILES string of the molecule is C=CC(=O)N1C[C@H](C)N(c2nc(=O)n(-c3c(C)ccnc3C(C)C)c3nc(Cl)c(F)cc23)[C@@H](C)C1. The molecule has 0 aliphatic carbocycles. The standard InChI is InChI=1S/C25H28ClFN6O2/c1-7-19(34)31-11-15(5)32(16(6)12-31)24-17-10-18(27)22(26)29-23(17)33(25(35)30-24)21-14(4)8-9-28-20(21)13(2)3/h7-10,13,15-16H,1,11-12H2,2-6H3/t15-,16-/m0/s1. The van der Waals surface area contributed by atoms with Crippen LogP contribution in [-0.2, 0) is 4.79 Å². The van der Waals surface area contributed by atoms with Gasteiger partial charge in [-0.25, -0.2) is 18.7 Å². The maximum absolute atomic E-state index is 14.7. The zero-order chi connectivity index (χ0) is 25.6. The molecule has 0 N–H and O–H groups in total. The molecule has 0 spiro atoms. The lowest BCUT2D eigenvalue weighted by Gasteiger charge is -2.45. The molecule has 1 aliphatic rings. The predicted octanol–water partition coefficient (Wildman–Crippen LogP) is 4.01. The van der Waals surface area contributed by atoms with Crippen LogP contribution < -0.4 is 10.6 Å². The number of rotatable bonds is 4. The Balaban J connectivity index is 2.00. The van der Waals surface area contributed by atoms with Crippen LogP contribution >= 0.6 is 11.6 Å². The first-order valence-electron chi connectivity index (χ1n) is 11.5. The van der Waals surface area contributed by atoms with Gasteiger partial charge >= 0.3 is 5.69 Å². The van der Waals surface area contributed by atoms with Crippen molar-refractivity contribution in [2.24, 2.45) is 0 Å². The summed E-state index contributed by atoms with van der Waals surface area (Å²) in [6, 6.07) is 2.68. The molecule has 1 fully saturated rings. The van der Waals surface area contributed by atoms with Crippen LogP contribution in [0.1, 0.15) is 44.9 Å². The maximum atomic E-state index is 14.7. The Kier molecular flexibility index (Phi) is 6.64. The van der Waals surface area contributed by atoms with Crippen molar-refractivity contribution in [1.82, 2.24) is 24.4 Å². The topological polar surface area (TPSA) is 84.2 Å². The number of pyridine rings is 2. The molecule has 1 aliphatic heterocycles. The Morgan fingerprint density at radius 3 is 2.51 bits per heavy atom. The summed E-state index contributed by atoms with van der Waals surface area (Å²) in [6.45, 7) is 14.1. The number of piperazine rings is 1. The highest BCUT2D eigenvalue weighted by Gasteiger charge is 2.34. The smallest absolute Gasteiger partial charge is 0.347 e. The summed E-state index contributed by atoms with van der Waals surface area (Å²) in [7, 11) is 0. The molecule has 0 saturated carbocycles. The van der Waals surface area contributed by atoms with Crippen molar-refractivity contribution < 1.29 is 9.18 Å². The summed E-state index contributed by atoms with van der Waals surface area (Å²) in [5.74, 6) is -0.551. The third kappa shape index (κ3) is 4.29. The Bertz CT molecular complexity index is 1380. The average molecular weight is 499 g/mol. The number of carbonyl (C=O) groups excluding carboxylic acids is 1. The zero-order valence-electron chi connectivity index (χ0n) is 20.4. The van der Waals surface area contributed by atoms with Crippen LogP contribution in [0, 0.1) is 12.7 Å². The summed E-state index contributed by atoms with van der Waals surface area (Å²) < 4.78 is 16.1. The number of anilines is 1. The minimum Gasteiger partial charge on any atom is -0.347 e. The number of aromatic nitrogens is 4. The van der Waals surface area contributed by atoms with E-state index in [-0.39, 0.29) is 34.7 Å². The molecule has 10 heteroatoms. The molecule has 0 radical (unpaired) electrons. The van der Waals surface area contributed by atoms with Gasteiger partial charge in [-0.15, -0.1) is 0 Å². The highest BCUT2D eigenvalue weighted by atomic mass is 35.5. The van der Waals surface area contributed by atoms with Crippen molar-refractivity contribution in [1.29, 1.82) is 0 Å². The lowest BCUT2D eigenvalue weighted by Crippen LogP contribution is -2.58. The van der Waals surface area contributed by atoms with E-state index in [1.807, 2.05) is 39.5 Å². The molecule has 1 amide bonds. The quantitative estimate of drug-likeness (QED) is 0.399. The van der Waals surface area contributed by atoms with E-state index >= 15 is 0 Å². The van der Waals surface area contributed by atoms with E-state index in [1.54, 1.807) is 17.2 Å². The molecular weight excluding hydrogens is 471 g/mol. The number of hydrogen-bond donors (Lipinski definition) is 0. The molecule has 0 bridgehead atoms. The molecule has 184 valence electrons. The van der Waals surface area contributed by atoms with Gasteiger partial charge in [0.15, 0.2) is 16.6 Å². The predicted molar refractivity (Wildman–Crippen MR) is 135 cm³/mol. The molecule has 4 heterocycles. The molecule has 3 aromatic rings. The minimum atomic E-state index is -0.708. The fraction of sp³-hybridized carbons (Fsp3) is 0.400. The molecule has 0 aromatic carbocycles. The van der Waals surface area contributed by atoms with E-state index < -0.39 is 11.5 Å². The van der Waals surface area contributed by atoms with E-state index in [4.69, 9.17) is 11.6 Å². The number of fused-ring (bicyclic) bond motifs is 1. The zero-order valence-corrected chi connectivity index (χ0v) is 21.2. The van der Waals surface area contributed by atoms with Crippen LogP contribution in [0.2, 0.25) is 5.15 Å². The largest absolute Gasteiger partial charge is 0.355 e. The molecule has 8 nitrogen and oxygen atoms in total. The van der Waals surface area contributed by atoms with Gasteiger partial charge in [0, 0.05) is 31.4 Å². The Labute approximate surface area is 208 Å².